The van der Waals surface area contributed by atoms with E-state index in [-0.39, 0.29) is 0 Å². The molecule has 0 unspecified atom stereocenters. The number of hydrogen-bond acceptors (Lipinski definition) is 5. The van der Waals surface area contributed by atoms with Crippen LogP contribution in [-0.2, 0) is 6.54 Å². The van der Waals surface area contributed by atoms with Gasteiger partial charge in [0, 0.05) is 42.3 Å². The fourth-order valence-electron chi connectivity index (χ4n) is 2.73. The Morgan fingerprint density at radius 3 is 2.28 bits per heavy atom. The molecular formula is C22H17F2N5. The molecule has 2 aromatic carbocycles. The summed E-state index contributed by atoms with van der Waals surface area (Å²) in [6, 6.07) is 18.7. The van der Waals surface area contributed by atoms with Crippen LogP contribution < -0.4 is 10.6 Å². The highest BCUT2D eigenvalue weighted by molar-refractivity contribution is 5.65. The molecule has 0 aliphatic rings. The largest absolute Gasteiger partial charge is 0.366 e. The number of nitrogens with zero attached hydrogens (tertiary/aromatic N) is 3. The van der Waals surface area contributed by atoms with E-state index in [0.717, 1.165) is 23.3 Å². The maximum atomic E-state index is 13.5. The zero-order chi connectivity index (χ0) is 20.1. The smallest absolute Gasteiger partial charge is 0.163 e. The number of aromatic nitrogens is 3. The number of halogens is 2. The second kappa shape index (κ2) is 8.43. The summed E-state index contributed by atoms with van der Waals surface area (Å²) in [6.45, 7) is 0.554. The van der Waals surface area contributed by atoms with Crippen molar-refractivity contribution in [3.8, 4) is 11.4 Å². The summed E-state index contributed by atoms with van der Waals surface area (Å²) in [5.74, 6) is -0.260. The van der Waals surface area contributed by atoms with Gasteiger partial charge < -0.3 is 10.6 Å². The Hall–Kier alpha value is -3.87. The summed E-state index contributed by atoms with van der Waals surface area (Å²) in [4.78, 5) is 13.1. The summed E-state index contributed by atoms with van der Waals surface area (Å²) in [7, 11) is 0. The first-order valence-electron chi connectivity index (χ1n) is 8.97. The van der Waals surface area contributed by atoms with Gasteiger partial charge in [0.1, 0.15) is 11.6 Å². The van der Waals surface area contributed by atoms with Crippen molar-refractivity contribution in [3.05, 3.63) is 96.3 Å². The lowest BCUT2D eigenvalue weighted by Crippen LogP contribution is -2.05. The first kappa shape index (κ1) is 18.5. The molecule has 0 aliphatic heterocycles. The topological polar surface area (TPSA) is 62.7 Å². The van der Waals surface area contributed by atoms with Gasteiger partial charge in [0.25, 0.3) is 0 Å². The lowest BCUT2D eigenvalue weighted by molar-refractivity contribution is 0.509. The van der Waals surface area contributed by atoms with Gasteiger partial charge in [-0.2, -0.15) is 0 Å². The molecule has 5 nitrogen and oxygen atoms in total. The number of rotatable bonds is 6. The lowest BCUT2D eigenvalue weighted by Gasteiger charge is -2.12. The van der Waals surface area contributed by atoms with Crippen molar-refractivity contribution < 1.29 is 8.78 Å². The van der Waals surface area contributed by atoms with Gasteiger partial charge in [-0.25, -0.2) is 18.7 Å². The molecule has 0 radical (unpaired) electrons. The van der Waals surface area contributed by atoms with E-state index in [1.165, 1.54) is 6.07 Å². The predicted molar refractivity (Wildman–Crippen MR) is 109 cm³/mol. The van der Waals surface area contributed by atoms with Crippen LogP contribution in [0.1, 0.15) is 5.56 Å². The second-order valence-electron chi connectivity index (χ2n) is 6.29. The maximum absolute atomic E-state index is 13.5. The molecule has 2 aromatic heterocycles. The summed E-state index contributed by atoms with van der Waals surface area (Å²) < 4.78 is 26.8. The van der Waals surface area contributed by atoms with E-state index in [2.05, 4.69) is 25.6 Å². The normalized spacial score (nSPS) is 10.6. The zero-order valence-corrected chi connectivity index (χ0v) is 15.3. The zero-order valence-electron chi connectivity index (χ0n) is 15.3. The standard InChI is InChI=1S/C22H17F2N5/c23-18-7-6-17(12-19(18)24)27-21-13-20(26-14-15-8-10-25-11-9-15)28-22(29-21)16-4-2-1-3-5-16/h1-13H,14H2,(H2,26,27,28,29). The summed E-state index contributed by atoms with van der Waals surface area (Å²) in [6.07, 6.45) is 3.45. The predicted octanol–water partition coefficient (Wildman–Crippen LogP) is 5.17. The first-order chi connectivity index (χ1) is 14.2. The van der Waals surface area contributed by atoms with Crippen molar-refractivity contribution in [1.29, 1.82) is 0 Å². The summed E-state index contributed by atoms with van der Waals surface area (Å²) >= 11 is 0. The molecule has 0 atom stereocenters. The van der Waals surface area contributed by atoms with E-state index in [1.807, 2.05) is 42.5 Å². The van der Waals surface area contributed by atoms with Crippen molar-refractivity contribution in [2.24, 2.45) is 0 Å². The van der Waals surface area contributed by atoms with Crippen molar-refractivity contribution in [3.63, 3.8) is 0 Å². The van der Waals surface area contributed by atoms with Gasteiger partial charge in [0.05, 0.1) is 0 Å². The van der Waals surface area contributed by atoms with Crippen LogP contribution in [-0.4, -0.2) is 15.0 Å². The molecule has 0 saturated carbocycles. The van der Waals surface area contributed by atoms with Gasteiger partial charge >= 0.3 is 0 Å². The number of hydrogen-bond donors (Lipinski definition) is 2. The number of pyridine rings is 1. The van der Waals surface area contributed by atoms with Crippen LogP contribution in [0.3, 0.4) is 0 Å². The Bertz CT molecular complexity index is 1100. The van der Waals surface area contributed by atoms with E-state index in [0.29, 0.717) is 29.7 Å². The molecule has 0 spiro atoms. The Morgan fingerprint density at radius 2 is 1.52 bits per heavy atom. The van der Waals surface area contributed by atoms with E-state index in [4.69, 9.17) is 0 Å². The average molecular weight is 389 g/mol. The van der Waals surface area contributed by atoms with Gasteiger partial charge in [0.15, 0.2) is 17.5 Å². The third-order valence-corrected chi connectivity index (χ3v) is 4.17. The second-order valence-corrected chi connectivity index (χ2v) is 6.29. The molecule has 0 aliphatic carbocycles. The van der Waals surface area contributed by atoms with Gasteiger partial charge in [-0.3, -0.25) is 4.98 Å². The van der Waals surface area contributed by atoms with Crippen LogP contribution >= 0.6 is 0 Å². The minimum absolute atomic E-state index is 0.390. The molecule has 144 valence electrons. The molecule has 29 heavy (non-hydrogen) atoms. The Morgan fingerprint density at radius 1 is 0.759 bits per heavy atom. The van der Waals surface area contributed by atoms with Crippen molar-refractivity contribution >= 4 is 17.3 Å². The molecule has 0 fully saturated rings. The number of nitrogens with one attached hydrogen (secondary N) is 2. The van der Waals surface area contributed by atoms with Crippen LogP contribution in [0.5, 0.6) is 0 Å². The fraction of sp³-hybridized carbons (Fsp3) is 0.0455. The van der Waals surface area contributed by atoms with Gasteiger partial charge in [-0.15, -0.1) is 0 Å². The molecular weight excluding hydrogens is 372 g/mol. The average Bonchev–Trinajstić information content (AvgIpc) is 2.76. The Kier molecular flexibility index (Phi) is 5.38. The lowest BCUT2D eigenvalue weighted by atomic mass is 10.2. The highest BCUT2D eigenvalue weighted by Gasteiger charge is 2.09. The molecule has 7 heteroatoms. The van der Waals surface area contributed by atoms with Crippen molar-refractivity contribution in [2.45, 2.75) is 6.54 Å². The third kappa shape index (κ3) is 4.70. The van der Waals surface area contributed by atoms with E-state index in [9.17, 15) is 8.78 Å². The fourth-order valence-corrected chi connectivity index (χ4v) is 2.73. The van der Waals surface area contributed by atoms with Crippen LogP contribution in [0.4, 0.5) is 26.1 Å². The van der Waals surface area contributed by atoms with Gasteiger partial charge in [-0.1, -0.05) is 30.3 Å². The first-order valence-corrected chi connectivity index (χ1v) is 8.97. The molecule has 0 amide bonds. The number of anilines is 3. The third-order valence-electron chi connectivity index (χ3n) is 4.17. The maximum Gasteiger partial charge on any atom is 0.163 e. The van der Waals surface area contributed by atoms with Crippen LogP contribution in [0, 0.1) is 11.6 Å². The molecule has 0 saturated heterocycles. The van der Waals surface area contributed by atoms with Gasteiger partial charge in [-0.05, 0) is 29.8 Å². The van der Waals surface area contributed by atoms with E-state index < -0.39 is 11.6 Å². The van der Waals surface area contributed by atoms with Gasteiger partial charge in [0.2, 0.25) is 0 Å². The summed E-state index contributed by atoms with van der Waals surface area (Å²) in [5, 5.41) is 6.28. The van der Waals surface area contributed by atoms with Crippen molar-refractivity contribution in [2.75, 3.05) is 10.6 Å². The van der Waals surface area contributed by atoms with Crippen LogP contribution in [0.15, 0.2) is 79.1 Å². The Balaban J connectivity index is 1.64. The molecule has 0 bridgehead atoms. The SMILES string of the molecule is Fc1ccc(Nc2cc(NCc3ccncc3)nc(-c3ccccc3)n2)cc1F. The van der Waals surface area contributed by atoms with Crippen LogP contribution in [0.2, 0.25) is 0 Å². The highest BCUT2D eigenvalue weighted by Crippen LogP contribution is 2.24. The monoisotopic (exact) mass is 389 g/mol. The van der Waals surface area contributed by atoms with E-state index >= 15 is 0 Å². The molecule has 2 heterocycles. The molecule has 4 aromatic rings. The van der Waals surface area contributed by atoms with Crippen LogP contribution in [0.25, 0.3) is 11.4 Å². The highest BCUT2D eigenvalue weighted by atomic mass is 19.2. The molecule has 2 N–H and O–H groups in total. The number of benzene rings is 2. The van der Waals surface area contributed by atoms with Crippen molar-refractivity contribution in [1.82, 2.24) is 15.0 Å². The minimum Gasteiger partial charge on any atom is -0.366 e. The quantitative estimate of drug-likeness (QED) is 0.476. The minimum atomic E-state index is -0.927. The molecule has 4 rings (SSSR count). The van der Waals surface area contributed by atoms with E-state index in [1.54, 1.807) is 18.5 Å². The summed E-state index contributed by atoms with van der Waals surface area (Å²) in [5.41, 5.74) is 2.28. The Labute approximate surface area is 166 Å².